The zero-order valence-corrected chi connectivity index (χ0v) is 34.8. The molecule has 0 unspecified atom stereocenters. The molecule has 0 aliphatic heterocycles. The summed E-state index contributed by atoms with van der Waals surface area (Å²) in [6.45, 7) is 2.14. The molecule has 0 aliphatic carbocycles. The predicted molar refractivity (Wildman–Crippen MR) is 267 cm³/mol. The van der Waals surface area contributed by atoms with Crippen molar-refractivity contribution >= 4 is 71.1 Å². The van der Waals surface area contributed by atoms with Crippen LogP contribution in [0.25, 0.3) is 98.8 Å². The number of aryl methyl sites for hydroxylation is 1. The summed E-state index contributed by atoms with van der Waals surface area (Å²) in [5.41, 5.74) is 13.5. The van der Waals surface area contributed by atoms with E-state index in [2.05, 4.69) is 230 Å². The van der Waals surface area contributed by atoms with E-state index in [1.165, 1.54) is 65.3 Å². The Kier molecular flexibility index (Phi) is 8.76. The van der Waals surface area contributed by atoms with E-state index < -0.39 is 0 Å². The van der Waals surface area contributed by atoms with Crippen LogP contribution in [-0.4, -0.2) is 0 Å². The van der Waals surface area contributed by atoms with Crippen LogP contribution in [0.2, 0.25) is 0 Å². The molecule has 0 saturated carbocycles. The Morgan fingerprint density at radius 1 is 0.302 bits per heavy atom. The average molecular weight is 804 g/mol. The molecule has 0 bridgehead atoms. The Morgan fingerprint density at radius 3 is 1.46 bits per heavy atom. The van der Waals surface area contributed by atoms with Gasteiger partial charge in [0.05, 0.1) is 0 Å². The van der Waals surface area contributed by atoms with Gasteiger partial charge in [-0.15, -0.1) is 0 Å². The summed E-state index contributed by atoms with van der Waals surface area (Å²) in [5, 5.41) is 11.3. The summed E-state index contributed by atoms with van der Waals surface area (Å²) in [5.74, 6) is 0.918. The zero-order chi connectivity index (χ0) is 41.9. The predicted octanol–water partition coefficient (Wildman–Crippen LogP) is 17.5. The summed E-state index contributed by atoms with van der Waals surface area (Å²) >= 11 is 0. The molecule has 0 atom stereocenters. The molecule has 11 aromatic carbocycles. The molecule has 0 radical (unpaired) electrons. The third kappa shape index (κ3) is 6.43. The molecule has 0 N–H and O–H groups in total. The van der Waals surface area contributed by atoms with Crippen LogP contribution in [0.1, 0.15) is 5.56 Å². The van der Waals surface area contributed by atoms with Crippen LogP contribution in [0.3, 0.4) is 0 Å². The normalized spacial score (nSPS) is 11.6. The van der Waals surface area contributed by atoms with Gasteiger partial charge in [-0.2, -0.15) is 0 Å². The van der Waals surface area contributed by atoms with Gasteiger partial charge in [-0.1, -0.05) is 170 Å². The topological polar surface area (TPSA) is 16.4 Å². The number of fused-ring (bicyclic) bond motifs is 7. The zero-order valence-electron chi connectivity index (χ0n) is 34.8. The maximum Gasteiger partial charge on any atom is 0.138 e. The lowest BCUT2D eigenvalue weighted by Crippen LogP contribution is -2.09. The minimum Gasteiger partial charge on any atom is -0.456 e. The summed E-state index contributed by atoms with van der Waals surface area (Å²) in [6.07, 6.45) is 0. The van der Waals surface area contributed by atoms with Gasteiger partial charge < -0.3 is 9.32 Å². The van der Waals surface area contributed by atoms with Crippen molar-refractivity contribution < 1.29 is 4.42 Å². The van der Waals surface area contributed by atoms with Gasteiger partial charge in [-0.05, 0) is 144 Å². The van der Waals surface area contributed by atoms with Crippen LogP contribution in [-0.2, 0) is 0 Å². The standard InChI is InChI=1S/C61H41NO/c1-40-53-15-8-9-20-60(53)63-61(40)49-14-10-13-45(38-49)41-23-30-50(31-24-41)62(51-32-25-42(26-33-51)46-29-36-56-48(37-46)22-21-43-11-2-4-16-54(43)56)52-34-27-44(28-35-52)59-39-47-12-3-5-17-55(47)57-18-6-7-19-58(57)59/h2-39H,1H3. The number of rotatable bonds is 7. The Bertz CT molecular complexity index is 3670. The average Bonchev–Trinajstić information content (AvgIpc) is 3.70. The van der Waals surface area contributed by atoms with Crippen LogP contribution in [0.15, 0.2) is 235 Å². The fourth-order valence-electron chi connectivity index (χ4n) is 9.62. The highest BCUT2D eigenvalue weighted by atomic mass is 16.3. The monoisotopic (exact) mass is 803 g/mol. The number of hydrogen-bond donors (Lipinski definition) is 0. The van der Waals surface area contributed by atoms with Gasteiger partial charge in [0.2, 0.25) is 0 Å². The first-order chi connectivity index (χ1) is 31.1. The largest absolute Gasteiger partial charge is 0.456 e. The van der Waals surface area contributed by atoms with Gasteiger partial charge in [0, 0.05) is 33.6 Å². The van der Waals surface area contributed by atoms with Gasteiger partial charge in [-0.25, -0.2) is 0 Å². The molecule has 2 nitrogen and oxygen atoms in total. The highest BCUT2D eigenvalue weighted by Gasteiger charge is 2.17. The van der Waals surface area contributed by atoms with E-state index in [1.54, 1.807) is 0 Å². The van der Waals surface area contributed by atoms with Crippen LogP contribution >= 0.6 is 0 Å². The van der Waals surface area contributed by atoms with Crippen molar-refractivity contribution in [2.24, 2.45) is 0 Å². The van der Waals surface area contributed by atoms with E-state index in [0.717, 1.165) is 56.0 Å². The molecule has 0 saturated heterocycles. The first-order valence-corrected chi connectivity index (χ1v) is 21.7. The Labute approximate surface area is 366 Å². The molecular weight excluding hydrogens is 763 g/mol. The third-order valence-corrected chi connectivity index (χ3v) is 12.8. The van der Waals surface area contributed by atoms with Gasteiger partial charge in [0.1, 0.15) is 11.3 Å². The second kappa shape index (κ2) is 15.1. The molecular formula is C61H41NO. The maximum absolute atomic E-state index is 6.37. The number of hydrogen-bond acceptors (Lipinski definition) is 2. The first kappa shape index (κ1) is 36.6. The van der Waals surface area contributed by atoms with Crippen molar-refractivity contribution in [1.82, 2.24) is 0 Å². The number of anilines is 3. The van der Waals surface area contributed by atoms with Gasteiger partial charge >= 0.3 is 0 Å². The van der Waals surface area contributed by atoms with Crippen molar-refractivity contribution in [3.8, 4) is 44.7 Å². The highest BCUT2D eigenvalue weighted by Crippen LogP contribution is 2.41. The molecule has 1 heterocycles. The molecule has 1 aromatic heterocycles. The van der Waals surface area contributed by atoms with Crippen molar-refractivity contribution in [2.75, 3.05) is 4.90 Å². The molecule has 0 aliphatic rings. The van der Waals surface area contributed by atoms with Crippen molar-refractivity contribution in [3.05, 3.63) is 236 Å². The quantitative estimate of drug-likeness (QED) is 0.149. The minimum absolute atomic E-state index is 0.914. The summed E-state index contributed by atoms with van der Waals surface area (Å²) in [6, 6.07) is 83.6. The maximum atomic E-state index is 6.37. The third-order valence-electron chi connectivity index (χ3n) is 12.8. The van der Waals surface area contributed by atoms with E-state index in [4.69, 9.17) is 4.42 Å². The van der Waals surface area contributed by atoms with E-state index in [-0.39, 0.29) is 0 Å². The number of nitrogens with zero attached hydrogens (tertiary/aromatic N) is 1. The van der Waals surface area contributed by atoms with Crippen molar-refractivity contribution in [2.45, 2.75) is 6.92 Å². The lowest BCUT2D eigenvalue weighted by Gasteiger charge is -2.26. The SMILES string of the molecule is Cc1c(-c2cccc(-c3ccc(N(c4ccc(-c5ccc6c(ccc7ccccc76)c5)cc4)c4ccc(-c5cc6ccccc6c6ccccc56)cc4)cc3)c2)oc2ccccc12. The lowest BCUT2D eigenvalue weighted by atomic mass is 9.93. The second-order valence-corrected chi connectivity index (χ2v) is 16.5. The summed E-state index contributed by atoms with van der Waals surface area (Å²) in [7, 11) is 0. The molecule has 12 aromatic rings. The summed E-state index contributed by atoms with van der Waals surface area (Å²) < 4.78 is 6.37. The van der Waals surface area contributed by atoms with Crippen LogP contribution in [0, 0.1) is 6.92 Å². The van der Waals surface area contributed by atoms with Crippen LogP contribution < -0.4 is 4.90 Å². The lowest BCUT2D eigenvalue weighted by molar-refractivity contribution is 0.629. The smallest absolute Gasteiger partial charge is 0.138 e. The van der Waals surface area contributed by atoms with Gasteiger partial charge in [0.15, 0.2) is 0 Å². The minimum atomic E-state index is 0.914. The van der Waals surface area contributed by atoms with E-state index in [9.17, 15) is 0 Å². The Balaban J connectivity index is 0.923. The molecule has 0 fully saturated rings. The first-order valence-electron chi connectivity index (χ1n) is 21.7. The Morgan fingerprint density at radius 2 is 0.778 bits per heavy atom. The van der Waals surface area contributed by atoms with Crippen molar-refractivity contribution in [3.63, 3.8) is 0 Å². The second-order valence-electron chi connectivity index (χ2n) is 16.5. The molecule has 0 spiro atoms. The fraction of sp³-hybridized carbons (Fsp3) is 0.0164. The van der Waals surface area contributed by atoms with Gasteiger partial charge in [-0.3, -0.25) is 0 Å². The molecule has 63 heavy (non-hydrogen) atoms. The summed E-state index contributed by atoms with van der Waals surface area (Å²) in [4.78, 5) is 2.36. The van der Waals surface area contributed by atoms with E-state index >= 15 is 0 Å². The fourth-order valence-corrected chi connectivity index (χ4v) is 9.62. The Hall–Kier alpha value is -8.20. The van der Waals surface area contributed by atoms with E-state index in [0.29, 0.717) is 0 Å². The number of para-hydroxylation sites is 1. The molecule has 12 rings (SSSR count). The number of furan rings is 1. The van der Waals surface area contributed by atoms with Gasteiger partial charge in [0.25, 0.3) is 0 Å². The van der Waals surface area contributed by atoms with Crippen molar-refractivity contribution in [1.29, 1.82) is 0 Å². The molecule has 2 heteroatoms. The van der Waals surface area contributed by atoms with Crippen LogP contribution in [0.4, 0.5) is 17.1 Å². The van der Waals surface area contributed by atoms with Crippen LogP contribution in [0.5, 0.6) is 0 Å². The molecule has 296 valence electrons. The molecule has 0 amide bonds. The number of benzene rings is 11. The van der Waals surface area contributed by atoms with E-state index in [1.807, 2.05) is 12.1 Å². The highest BCUT2D eigenvalue weighted by molar-refractivity contribution is 6.14.